The zero-order chi connectivity index (χ0) is 37.2. The minimum Gasteiger partial charge on any atom is -0.493 e. The Morgan fingerprint density at radius 1 is 0.962 bits per heavy atom. The Hall–Kier alpha value is -5.34. The summed E-state index contributed by atoms with van der Waals surface area (Å²) >= 11 is 0. The Morgan fingerprint density at radius 3 is 2.48 bits per heavy atom. The second-order valence-electron chi connectivity index (χ2n) is 13.1. The predicted molar refractivity (Wildman–Crippen MR) is 190 cm³/mol. The molecule has 2 aromatic carbocycles. The van der Waals surface area contributed by atoms with Gasteiger partial charge in [-0.1, -0.05) is 32.4 Å². The number of fused-ring (bicyclic) bond motifs is 2. The van der Waals surface area contributed by atoms with Crippen LogP contribution in [0.25, 0.3) is 0 Å². The second-order valence-corrected chi connectivity index (χ2v) is 13.1. The Kier molecular flexibility index (Phi) is 12.9. The maximum absolute atomic E-state index is 13.7. The summed E-state index contributed by atoms with van der Waals surface area (Å²) in [4.78, 5) is 60.1. The predicted octanol–water partition coefficient (Wildman–Crippen LogP) is 2.69. The summed E-state index contributed by atoms with van der Waals surface area (Å²) in [6.07, 6.45) is 2.17. The summed E-state index contributed by atoms with van der Waals surface area (Å²) < 4.78 is 23.2. The number of methoxy groups -OCH3 is 2. The third kappa shape index (κ3) is 9.70. The monoisotopic (exact) mass is 719 g/mol. The first-order chi connectivity index (χ1) is 25.1. The van der Waals surface area contributed by atoms with Gasteiger partial charge in [0.05, 0.1) is 26.7 Å². The Morgan fingerprint density at radius 2 is 1.71 bits per heavy atom. The van der Waals surface area contributed by atoms with E-state index >= 15 is 0 Å². The average Bonchev–Trinajstić information content (AvgIpc) is 3.77. The summed E-state index contributed by atoms with van der Waals surface area (Å²) in [5, 5.41) is 13.5. The molecule has 0 saturated carbocycles. The van der Waals surface area contributed by atoms with Crippen molar-refractivity contribution in [3.05, 3.63) is 59.2 Å². The lowest BCUT2D eigenvalue weighted by atomic mass is 9.97. The minimum absolute atomic E-state index is 0.111. The quantitative estimate of drug-likeness (QED) is 0.314. The number of nitrogens with one attached hydrogen (secondary N) is 3. The number of benzene rings is 2. The topological polar surface area (TPSA) is 175 Å². The number of carbonyl (C=O) groups is 4. The molecule has 0 fully saturated rings. The molecule has 0 radical (unpaired) electrons. The van der Waals surface area contributed by atoms with Gasteiger partial charge in [0.2, 0.25) is 30.4 Å². The maximum atomic E-state index is 13.7. The summed E-state index contributed by atoms with van der Waals surface area (Å²) in [5.74, 6) is 2.05. The van der Waals surface area contributed by atoms with Crippen molar-refractivity contribution in [3.8, 4) is 23.0 Å². The molecule has 1 aromatic heterocycles. The van der Waals surface area contributed by atoms with Crippen molar-refractivity contribution < 1.29 is 38.1 Å². The van der Waals surface area contributed by atoms with Gasteiger partial charge in [0.15, 0.2) is 28.8 Å². The molecule has 2 aliphatic rings. The number of nitrogens with zero attached hydrogens (tertiary/aromatic N) is 4. The molecule has 0 bridgehead atoms. The molecule has 52 heavy (non-hydrogen) atoms. The third-order valence-electron chi connectivity index (χ3n) is 9.31. The maximum Gasteiger partial charge on any atom is 0.243 e. The van der Waals surface area contributed by atoms with Crippen molar-refractivity contribution in [1.82, 2.24) is 35.6 Å². The third-order valence-corrected chi connectivity index (χ3v) is 9.31. The van der Waals surface area contributed by atoms with Crippen LogP contribution >= 0.6 is 0 Å². The lowest BCUT2D eigenvalue weighted by Gasteiger charge is -2.26. The van der Waals surface area contributed by atoms with Crippen LogP contribution in [0.3, 0.4) is 0 Å². The highest BCUT2D eigenvalue weighted by Crippen LogP contribution is 2.33. The number of carbonyl (C=O) groups excluding carboxylic acids is 4. The van der Waals surface area contributed by atoms with Crippen molar-refractivity contribution in [2.75, 3.05) is 40.6 Å². The molecule has 0 saturated heterocycles. The van der Waals surface area contributed by atoms with E-state index in [9.17, 15) is 19.2 Å². The van der Waals surface area contributed by atoms with E-state index < -0.39 is 12.1 Å². The molecule has 15 heteroatoms. The Labute approximate surface area is 303 Å². The zero-order valence-electron chi connectivity index (χ0n) is 30.5. The molecule has 280 valence electrons. The van der Waals surface area contributed by atoms with Gasteiger partial charge in [-0.25, -0.2) is 9.67 Å². The normalized spacial score (nSPS) is 19.3. The van der Waals surface area contributed by atoms with Crippen LogP contribution in [0.5, 0.6) is 23.0 Å². The van der Waals surface area contributed by atoms with E-state index in [1.165, 1.54) is 4.68 Å². The van der Waals surface area contributed by atoms with E-state index in [0.29, 0.717) is 80.0 Å². The van der Waals surface area contributed by atoms with Crippen LogP contribution in [-0.2, 0) is 38.6 Å². The summed E-state index contributed by atoms with van der Waals surface area (Å²) in [6, 6.07) is 9.52. The van der Waals surface area contributed by atoms with E-state index in [4.69, 9.17) is 23.9 Å². The van der Waals surface area contributed by atoms with Gasteiger partial charge in [0.25, 0.3) is 0 Å². The van der Waals surface area contributed by atoms with Crippen LogP contribution in [0.1, 0.15) is 75.3 Å². The largest absolute Gasteiger partial charge is 0.493 e. The second kappa shape index (κ2) is 17.7. The summed E-state index contributed by atoms with van der Waals surface area (Å²) in [7, 11) is 3.13. The lowest BCUT2D eigenvalue weighted by Crippen LogP contribution is -2.51. The molecule has 3 heterocycles. The molecule has 2 aliphatic heterocycles. The molecular formula is C37H49N7O8. The first-order valence-corrected chi connectivity index (χ1v) is 17.8. The van der Waals surface area contributed by atoms with Crippen LogP contribution < -0.4 is 34.9 Å². The highest BCUT2D eigenvalue weighted by molar-refractivity contribution is 5.88. The SMILES string of the molecule is CC[C@H](C)[C@@H]1NC(=O)CCCN(C(=O)Cc2ccc3c(c2)OCO3)CCCNC(=O)Cn2nc(Cc3ccc(OC)c(OC)c3)nc2[C@@H](C)NC1=O. The smallest absolute Gasteiger partial charge is 0.243 e. The van der Waals surface area contributed by atoms with Gasteiger partial charge in [-0.15, -0.1) is 0 Å². The summed E-state index contributed by atoms with van der Waals surface area (Å²) in [6.45, 7) is 6.69. The summed E-state index contributed by atoms with van der Waals surface area (Å²) in [5.41, 5.74) is 1.65. The highest BCUT2D eigenvalue weighted by atomic mass is 16.7. The Balaban J connectivity index is 1.35. The van der Waals surface area contributed by atoms with E-state index in [1.807, 2.05) is 32.0 Å². The van der Waals surface area contributed by atoms with Crippen molar-refractivity contribution in [1.29, 1.82) is 0 Å². The van der Waals surface area contributed by atoms with Gasteiger partial charge in [-0.3, -0.25) is 19.2 Å². The van der Waals surface area contributed by atoms with Gasteiger partial charge in [0.1, 0.15) is 18.4 Å². The molecule has 5 rings (SSSR count). The fourth-order valence-electron chi connectivity index (χ4n) is 6.22. The molecular weight excluding hydrogens is 670 g/mol. The number of hydrogen-bond acceptors (Lipinski definition) is 10. The first kappa shape index (κ1) is 37.9. The van der Waals surface area contributed by atoms with Crippen LogP contribution in [0.15, 0.2) is 36.4 Å². The first-order valence-electron chi connectivity index (χ1n) is 17.8. The van der Waals surface area contributed by atoms with Gasteiger partial charge in [-0.2, -0.15) is 5.10 Å². The van der Waals surface area contributed by atoms with Crippen molar-refractivity contribution in [2.24, 2.45) is 5.92 Å². The Bertz CT molecular complexity index is 1740. The molecule has 0 unspecified atom stereocenters. The van der Waals surface area contributed by atoms with Gasteiger partial charge in [-0.05, 0) is 61.1 Å². The minimum atomic E-state index is -0.798. The van der Waals surface area contributed by atoms with E-state index in [0.717, 1.165) is 11.1 Å². The fraction of sp³-hybridized carbons (Fsp3) is 0.514. The number of ether oxygens (including phenoxy) is 4. The van der Waals surface area contributed by atoms with Gasteiger partial charge >= 0.3 is 0 Å². The molecule has 15 nitrogen and oxygen atoms in total. The van der Waals surface area contributed by atoms with Crippen LogP contribution in [0, 0.1) is 5.92 Å². The van der Waals surface area contributed by atoms with Crippen LogP contribution in [0.2, 0.25) is 0 Å². The van der Waals surface area contributed by atoms with Crippen molar-refractivity contribution in [2.45, 2.75) is 77.9 Å². The molecule has 3 atom stereocenters. The average molecular weight is 720 g/mol. The van der Waals surface area contributed by atoms with Crippen molar-refractivity contribution in [3.63, 3.8) is 0 Å². The van der Waals surface area contributed by atoms with E-state index in [1.54, 1.807) is 44.2 Å². The number of rotatable bonds is 8. The number of amides is 4. The molecule has 3 aromatic rings. The van der Waals surface area contributed by atoms with Gasteiger partial charge in [0, 0.05) is 32.5 Å². The zero-order valence-corrected chi connectivity index (χ0v) is 30.5. The molecule has 4 amide bonds. The lowest BCUT2D eigenvalue weighted by molar-refractivity contribution is -0.132. The van der Waals surface area contributed by atoms with Crippen molar-refractivity contribution >= 4 is 23.6 Å². The molecule has 0 aliphatic carbocycles. The van der Waals surface area contributed by atoms with Gasteiger partial charge < -0.3 is 39.8 Å². The van der Waals surface area contributed by atoms with E-state index in [-0.39, 0.29) is 55.7 Å². The fourth-order valence-corrected chi connectivity index (χ4v) is 6.22. The number of aromatic nitrogens is 3. The number of hydrogen-bond donors (Lipinski definition) is 3. The standard InChI is InChI=1S/C37H49N7O8/c1-6-23(2)35-37(48)39-24(3)36-40-31(19-25-10-12-27(49-4)29(17-25)50-5)42-44(36)21-33(46)38-14-8-16-43(15-7-9-32(45)41-35)34(47)20-26-11-13-28-30(18-26)52-22-51-28/h10-13,17-18,23-24,35H,6-9,14-16,19-22H2,1-5H3,(H,38,46)(H,39,48)(H,41,45)/t23-,24+,35-/m0/s1. The highest BCUT2D eigenvalue weighted by Gasteiger charge is 2.29. The molecule has 0 spiro atoms. The van der Waals surface area contributed by atoms with E-state index in [2.05, 4.69) is 21.0 Å². The van der Waals surface area contributed by atoms with Crippen LogP contribution in [0.4, 0.5) is 0 Å². The van der Waals surface area contributed by atoms with Crippen LogP contribution in [-0.4, -0.2) is 90.0 Å². The molecule has 3 N–H and O–H groups in total.